The van der Waals surface area contributed by atoms with Crippen molar-refractivity contribution in [3.05, 3.63) is 27.7 Å². The van der Waals surface area contributed by atoms with Crippen LogP contribution in [0.5, 0.6) is 5.75 Å². The van der Waals surface area contributed by atoms with Gasteiger partial charge in [-0.1, -0.05) is 50.5 Å². The van der Waals surface area contributed by atoms with E-state index in [0.29, 0.717) is 11.7 Å². The number of halogens is 1. The first-order valence-corrected chi connectivity index (χ1v) is 6.05. The summed E-state index contributed by atoms with van der Waals surface area (Å²) in [5, 5.41) is 9.93. The average molecular weight is 271 g/mol. The lowest BCUT2D eigenvalue weighted by atomic mass is 9.85. The van der Waals surface area contributed by atoms with Crippen LogP contribution in [0.1, 0.15) is 51.7 Å². The normalized spacial score (nSPS) is 12.2. The summed E-state index contributed by atoms with van der Waals surface area (Å²) in [4.78, 5) is 0. The number of phenolic OH excluding ortho intramolecular Hbond substituents is 1. The van der Waals surface area contributed by atoms with Gasteiger partial charge in [0.2, 0.25) is 0 Å². The fourth-order valence-electron chi connectivity index (χ4n) is 1.61. The van der Waals surface area contributed by atoms with E-state index in [2.05, 4.69) is 50.5 Å². The highest BCUT2D eigenvalue weighted by Gasteiger charge is 2.19. The highest BCUT2D eigenvalue weighted by molar-refractivity contribution is 9.10. The molecule has 1 N–H and O–H groups in total. The minimum Gasteiger partial charge on any atom is -0.508 e. The van der Waals surface area contributed by atoms with Crippen molar-refractivity contribution in [2.75, 3.05) is 0 Å². The molecule has 0 saturated carbocycles. The summed E-state index contributed by atoms with van der Waals surface area (Å²) in [5.41, 5.74) is 2.19. The smallest absolute Gasteiger partial charge is 0.119 e. The quantitative estimate of drug-likeness (QED) is 0.792. The van der Waals surface area contributed by atoms with Crippen LogP contribution in [-0.2, 0) is 5.41 Å². The van der Waals surface area contributed by atoms with E-state index >= 15 is 0 Å². The van der Waals surface area contributed by atoms with Crippen molar-refractivity contribution in [2.45, 2.75) is 46.0 Å². The molecule has 0 aliphatic carbocycles. The molecule has 0 spiro atoms. The van der Waals surface area contributed by atoms with Crippen LogP contribution < -0.4 is 0 Å². The molecule has 0 unspecified atom stereocenters. The predicted octanol–water partition coefficient (Wildman–Crippen LogP) is 4.58. The van der Waals surface area contributed by atoms with Crippen LogP contribution in [0.25, 0.3) is 0 Å². The van der Waals surface area contributed by atoms with E-state index in [1.54, 1.807) is 0 Å². The number of hydrogen-bond donors (Lipinski definition) is 1. The minimum atomic E-state index is 0.0474. The molecule has 0 bridgehead atoms. The second-order valence-electron chi connectivity index (χ2n) is 5.30. The maximum atomic E-state index is 9.93. The molecular formula is C13H19BrO. The SMILES string of the molecule is CC(C)c1cc(Br)c(C(C)(C)C)cc1O. The van der Waals surface area contributed by atoms with Crippen LogP contribution in [0, 0.1) is 0 Å². The molecule has 0 saturated heterocycles. The first-order valence-electron chi connectivity index (χ1n) is 5.26. The number of hydrogen-bond acceptors (Lipinski definition) is 1. The largest absolute Gasteiger partial charge is 0.508 e. The third-order valence-corrected chi connectivity index (χ3v) is 3.20. The van der Waals surface area contributed by atoms with E-state index in [1.807, 2.05) is 12.1 Å². The van der Waals surface area contributed by atoms with E-state index in [1.165, 1.54) is 0 Å². The molecule has 0 amide bonds. The third kappa shape index (κ3) is 2.75. The fourth-order valence-corrected chi connectivity index (χ4v) is 2.57. The summed E-state index contributed by atoms with van der Waals surface area (Å²) >= 11 is 3.57. The Morgan fingerprint density at radius 3 is 2.13 bits per heavy atom. The number of phenols is 1. The molecular weight excluding hydrogens is 252 g/mol. The van der Waals surface area contributed by atoms with Gasteiger partial charge in [-0.25, -0.2) is 0 Å². The van der Waals surface area contributed by atoms with Gasteiger partial charge in [-0.05, 0) is 34.6 Å². The van der Waals surface area contributed by atoms with Gasteiger partial charge < -0.3 is 5.11 Å². The number of aromatic hydroxyl groups is 1. The van der Waals surface area contributed by atoms with Gasteiger partial charge in [0.15, 0.2) is 0 Å². The molecule has 0 heterocycles. The maximum Gasteiger partial charge on any atom is 0.119 e. The van der Waals surface area contributed by atoms with Gasteiger partial charge in [0.05, 0.1) is 0 Å². The second-order valence-corrected chi connectivity index (χ2v) is 6.15. The van der Waals surface area contributed by atoms with E-state index in [4.69, 9.17) is 0 Å². The molecule has 84 valence electrons. The van der Waals surface area contributed by atoms with Crippen LogP contribution in [0.4, 0.5) is 0 Å². The van der Waals surface area contributed by atoms with Crippen molar-refractivity contribution < 1.29 is 5.11 Å². The van der Waals surface area contributed by atoms with E-state index in [9.17, 15) is 5.11 Å². The lowest BCUT2D eigenvalue weighted by molar-refractivity contribution is 0.460. The Kier molecular flexibility index (Phi) is 3.49. The lowest BCUT2D eigenvalue weighted by Gasteiger charge is -2.22. The Bertz CT molecular complexity index is 362. The van der Waals surface area contributed by atoms with Crippen LogP contribution >= 0.6 is 15.9 Å². The Balaban J connectivity index is 3.32. The molecule has 0 aliphatic heterocycles. The fraction of sp³-hybridized carbons (Fsp3) is 0.538. The number of rotatable bonds is 1. The lowest BCUT2D eigenvalue weighted by Crippen LogP contribution is -2.12. The minimum absolute atomic E-state index is 0.0474. The van der Waals surface area contributed by atoms with Gasteiger partial charge in [0.1, 0.15) is 5.75 Å². The molecule has 1 rings (SSSR count). The molecule has 2 heteroatoms. The van der Waals surface area contributed by atoms with Crippen molar-refractivity contribution in [1.82, 2.24) is 0 Å². The Morgan fingerprint density at radius 2 is 1.73 bits per heavy atom. The van der Waals surface area contributed by atoms with Gasteiger partial charge >= 0.3 is 0 Å². The number of benzene rings is 1. The second kappa shape index (κ2) is 4.17. The summed E-state index contributed by atoms with van der Waals surface area (Å²) < 4.78 is 1.08. The molecule has 1 aromatic rings. The molecule has 0 radical (unpaired) electrons. The van der Waals surface area contributed by atoms with Crippen molar-refractivity contribution in [1.29, 1.82) is 0 Å². The van der Waals surface area contributed by atoms with Gasteiger partial charge in [-0.15, -0.1) is 0 Å². The summed E-state index contributed by atoms with van der Waals surface area (Å²) in [7, 11) is 0. The highest BCUT2D eigenvalue weighted by atomic mass is 79.9. The van der Waals surface area contributed by atoms with Crippen molar-refractivity contribution in [3.63, 3.8) is 0 Å². The summed E-state index contributed by atoms with van der Waals surface area (Å²) in [6.07, 6.45) is 0. The van der Waals surface area contributed by atoms with E-state index < -0.39 is 0 Å². The zero-order valence-electron chi connectivity index (χ0n) is 10.1. The average Bonchev–Trinajstić information content (AvgIpc) is 2.06. The Labute approximate surface area is 101 Å². The van der Waals surface area contributed by atoms with Gasteiger partial charge in [0, 0.05) is 4.47 Å². The predicted molar refractivity (Wildman–Crippen MR) is 68.6 cm³/mol. The van der Waals surface area contributed by atoms with Gasteiger partial charge in [0.25, 0.3) is 0 Å². The summed E-state index contributed by atoms with van der Waals surface area (Å²) in [6.45, 7) is 10.6. The van der Waals surface area contributed by atoms with Gasteiger partial charge in [-0.2, -0.15) is 0 Å². The monoisotopic (exact) mass is 270 g/mol. The Hall–Kier alpha value is -0.500. The van der Waals surface area contributed by atoms with Crippen molar-refractivity contribution >= 4 is 15.9 Å². The van der Waals surface area contributed by atoms with Crippen LogP contribution in [0.2, 0.25) is 0 Å². The molecule has 0 aromatic heterocycles. The summed E-state index contributed by atoms with van der Waals surface area (Å²) in [5.74, 6) is 0.744. The Morgan fingerprint density at radius 1 is 1.20 bits per heavy atom. The molecule has 1 aromatic carbocycles. The van der Waals surface area contributed by atoms with E-state index in [0.717, 1.165) is 15.6 Å². The standard InChI is InChI=1S/C13H19BrO/c1-8(2)9-6-11(14)10(7-12(9)15)13(3,4)5/h6-8,15H,1-5H3. The summed E-state index contributed by atoms with van der Waals surface area (Å²) in [6, 6.07) is 3.90. The van der Waals surface area contributed by atoms with Crippen LogP contribution in [0.15, 0.2) is 16.6 Å². The van der Waals surface area contributed by atoms with Crippen LogP contribution in [-0.4, -0.2) is 5.11 Å². The van der Waals surface area contributed by atoms with Crippen LogP contribution in [0.3, 0.4) is 0 Å². The molecule has 15 heavy (non-hydrogen) atoms. The van der Waals surface area contributed by atoms with Crippen molar-refractivity contribution in [2.24, 2.45) is 0 Å². The first-order chi connectivity index (χ1) is 6.73. The first kappa shape index (κ1) is 12.6. The maximum absolute atomic E-state index is 9.93. The zero-order valence-corrected chi connectivity index (χ0v) is 11.6. The zero-order chi connectivity index (χ0) is 11.8. The van der Waals surface area contributed by atoms with Crippen molar-refractivity contribution in [3.8, 4) is 5.75 Å². The molecule has 0 atom stereocenters. The van der Waals surface area contributed by atoms with Gasteiger partial charge in [-0.3, -0.25) is 0 Å². The highest BCUT2D eigenvalue weighted by Crippen LogP contribution is 2.37. The van der Waals surface area contributed by atoms with E-state index in [-0.39, 0.29) is 5.41 Å². The molecule has 0 aliphatic rings. The topological polar surface area (TPSA) is 20.2 Å². The molecule has 0 fully saturated rings. The third-order valence-electron chi connectivity index (χ3n) is 2.55. The molecule has 1 nitrogen and oxygen atoms in total.